The lowest BCUT2D eigenvalue weighted by Crippen LogP contribution is -2.05. The van der Waals surface area contributed by atoms with Crippen LogP contribution in [0.5, 0.6) is 11.5 Å². The Morgan fingerprint density at radius 1 is 1.29 bits per heavy atom. The number of benzene rings is 2. The van der Waals surface area contributed by atoms with E-state index in [1.165, 1.54) is 43.3 Å². The van der Waals surface area contributed by atoms with Crippen molar-refractivity contribution in [3.8, 4) is 11.5 Å². The summed E-state index contributed by atoms with van der Waals surface area (Å²) in [6.45, 7) is 3.34. The average Bonchev–Trinajstić information content (AvgIpc) is 2.99. The highest BCUT2D eigenvalue weighted by Gasteiger charge is 2.24. The van der Waals surface area contributed by atoms with Crippen molar-refractivity contribution in [2.45, 2.75) is 13.8 Å². The van der Waals surface area contributed by atoms with E-state index in [2.05, 4.69) is 4.99 Å². The zero-order valence-electron chi connectivity index (χ0n) is 15.0. The first-order chi connectivity index (χ1) is 13.4. The lowest BCUT2D eigenvalue weighted by Gasteiger charge is -2.12. The van der Waals surface area contributed by atoms with Gasteiger partial charge < -0.3 is 14.2 Å². The van der Waals surface area contributed by atoms with Crippen molar-refractivity contribution in [1.82, 2.24) is 0 Å². The molecule has 0 N–H and O–H groups in total. The highest BCUT2D eigenvalue weighted by atomic mass is 35.5. The number of esters is 2. The Hall–Kier alpha value is -3.19. The van der Waals surface area contributed by atoms with Crippen molar-refractivity contribution in [3.63, 3.8) is 0 Å². The van der Waals surface area contributed by atoms with Gasteiger partial charge in [0.1, 0.15) is 5.82 Å². The second-order valence-electron chi connectivity index (χ2n) is 5.70. The molecule has 0 bridgehead atoms. The molecule has 0 aromatic heterocycles. The van der Waals surface area contributed by atoms with Crippen molar-refractivity contribution in [1.29, 1.82) is 0 Å². The van der Waals surface area contributed by atoms with Gasteiger partial charge in [0.25, 0.3) is 0 Å². The summed E-state index contributed by atoms with van der Waals surface area (Å²) in [5.41, 5.74) is 1.01. The van der Waals surface area contributed by atoms with Crippen molar-refractivity contribution in [2.24, 2.45) is 4.99 Å². The lowest BCUT2D eigenvalue weighted by molar-refractivity contribution is -0.132. The zero-order valence-corrected chi connectivity index (χ0v) is 15.7. The molecule has 3 rings (SSSR count). The molecular weight excluding hydrogens is 389 g/mol. The van der Waals surface area contributed by atoms with Crippen LogP contribution in [0.1, 0.15) is 25.0 Å². The van der Waals surface area contributed by atoms with Crippen molar-refractivity contribution in [3.05, 3.63) is 64.1 Å². The van der Waals surface area contributed by atoms with Gasteiger partial charge in [0.2, 0.25) is 5.90 Å². The Labute approximate surface area is 165 Å². The van der Waals surface area contributed by atoms with Gasteiger partial charge in [-0.25, -0.2) is 14.2 Å². The third-order valence-corrected chi connectivity index (χ3v) is 3.87. The van der Waals surface area contributed by atoms with Gasteiger partial charge in [-0.15, -0.1) is 0 Å². The van der Waals surface area contributed by atoms with Crippen LogP contribution in [0.4, 0.5) is 4.39 Å². The van der Waals surface area contributed by atoms with Crippen LogP contribution < -0.4 is 9.47 Å². The molecule has 0 saturated heterocycles. The number of halogens is 2. The Morgan fingerprint density at radius 3 is 2.64 bits per heavy atom. The highest BCUT2D eigenvalue weighted by molar-refractivity contribution is 6.32. The molecule has 1 heterocycles. The Morgan fingerprint density at radius 2 is 2.00 bits per heavy atom. The fourth-order valence-electron chi connectivity index (χ4n) is 2.46. The molecular formula is C20H15ClFNO5. The third kappa shape index (κ3) is 4.37. The topological polar surface area (TPSA) is 74.2 Å². The SMILES string of the molecule is CCOc1cc(C=C2N=C(c3ccc(F)cc3)OC2=O)cc(Cl)c1OC(C)=O. The molecule has 0 fully saturated rings. The quantitative estimate of drug-likeness (QED) is 0.426. The van der Waals surface area contributed by atoms with Gasteiger partial charge in [-0.3, -0.25) is 4.79 Å². The van der Waals surface area contributed by atoms with E-state index in [4.69, 9.17) is 25.8 Å². The number of hydrogen-bond acceptors (Lipinski definition) is 6. The Balaban J connectivity index is 1.96. The number of hydrogen-bond donors (Lipinski definition) is 0. The van der Waals surface area contributed by atoms with Crippen molar-refractivity contribution in [2.75, 3.05) is 6.61 Å². The first-order valence-electron chi connectivity index (χ1n) is 8.30. The molecule has 0 saturated carbocycles. The van der Waals surface area contributed by atoms with Gasteiger partial charge in [0, 0.05) is 12.5 Å². The molecule has 0 amide bonds. The van der Waals surface area contributed by atoms with Gasteiger partial charge in [0.05, 0.1) is 11.6 Å². The van der Waals surface area contributed by atoms with E-state index in [1.54, 1.807) is 13.0 Å². The van der Waals surface area contributed by atoms with Crippen LogP contribution in [-0.2, 0) is 14.3 Å². The summed E-state index contributed by atoms with van der Waals surface area (Å²) < 4.78 is 28.8. The van der Waals surface area contributed by atoms with E-state index in [0.717, 1.165) is 0 Å². The number of carbonyl (C=O) groups is 2. The lowest BCUT2D eigenvalue weighted by atomic mass is 10.1. The predicted octanol–water partition coefficient (Wildman–Crippen LogP) is 4.15. The van der Waals surface area contributed by atoms with Crippen LogP contribution in [0.3, 0.4) is 0 Å². The number of cyclic esters (lactones) is 1. The fourth-order valence-corrected chi connectivity index (χ4v) is 2.72. The Kier molecular flexibility index (Phi) is 5.75. The minimum atomic E-state index is -0.655. The fraction of sp³-hybridized carbons (Fsp3) is 0.150. The molecule has 8 heteroatoms. The summed E-state index contributed by atoms with van der Waals surface area (Å²) in [6, 6.07) is 8.49. The van der Waals surface area contributed by atoms with Crippen molar-refractivity contribution < 1.29 is 28.2 Å². The molecule has 0 spiro atoms. The van der Waals surface area contributed by atoms with Gasteiger partial charge in [-0.05, 0) is 55.0 Å². The van der Waals surface area contributed by atoms with Gasteiger partial charge in [-0.2, -0.15) is 0 Å². The maximum atomic E-state index is 13.1. The molecule has 1 aliphatic rings. The molecule has 6 nitrogen and oxygen atoms in total. The number of nitrogens with zero attached hydrogens (tertiary/aromatic N) is 1. The second-order valence-corrected chi connectivity index (χ2v) is 6.11. The summed E-state index contributed by atoms with van der Waals surface area (Å²) in [7, 11) is 0. The molecule has 2 aromatic carbocycles. The van der Waals surface area contributed by atoms with Gasteiger partial charge in [0.15, 0.2) is 17.2 Å². The third-order valence-electron chi connectivity index (χ3n) is 3.59. The number of rotatable bonds is 5. The molecule has 28 heavy (non-hydrogen) atoms. The first kappa shape index (κ1) is 19.6. The minimum Gasteiger partial charge on any atom is -0.490 e. The van der Waals surface area contributed by atoms with Crippen LogP contribution in [-0.4, -0.2) is 24.4 Å². The number of aliphatic imine (C=N–C) groups is 1. The molecule has 1 aliphatic heterocycles. The molecule has 2 aromatic rings. The van der Waals surface area contributed by atoms with E-state index in [0.29, 0.717) is 17.7 Å². The maximum Gasteiger partial charge on any atom is 0.363 e. The monoisotopic (exact) mass is 403 g/mol. The highest BCUT2D eigenvalue weighted by Crippen LogP contribution is 2.37. The smallest absolute Gasteiger partial charge is 0.363 e. The summed E-state index contributed by atoms with van der Waals surface area (Å²) in [6.07, 6.45) is 1.46. The van der Waals surface area contributed by atoms with Crippen LogP contribution in [0.2, 0.25) is 5.02 Å². The van der Waals surface area contributed by atoms with E-state index in [9.17, 15) is 14.0 Å². The van der Waals surface area contributed by atoms with E-state index in [1.807, 2.05) is 0 Å². The normalized spacial score (nSPS) is 14.6. The van der Waals surface area contributed by atoms with Crippen LogP contribution in [0.25, 0.3) is 6.08 Å². The number of carbonyl (C=O) groups excluding carboxylic acids is 2. The summed E-state index contributed by atoms with van der Waals surface area (Å²) in [5.74, 6) is -1.17. The summed E-state index contributed by atoms with van der Waals surface area (Å²) >= 11 is 6.20. The summed E-state index contributed by atoms with van der Waals surface area (Å²) in [5, 5.41) is 0.141. The standard InChI is InChI=1S/C20H15ClFNO5/c1-3-26-17-10-12(8-15(21)18(17)27-11(2)24)9-16-20(25)28-19(23-16)13-4-6-14(22)7-5-13/h4-10H,3H2,1-2H3. The first-order valence-corrected chi connectivity index (χ1v) is 8.68. The van der Waals surface area contributed by atoms with Crippen LogP contribution >= 0.6 is 11.6 Å². The molecule has 144 valence electrons. The largest absolute Gasteiger partial charge is 0.490 e. The van der Waals surface area contributed by atoms with Gasteiger partial charge in [-0.1, -0.05) is 11.6 Å². The second kappa shape index (κ2) is 8.22. The van der Waals surface area contributed by atoms with E-state index in [-0.39, 0.29) is 28.1 Å². The molecule has 0 unspecified atom stereocenters. The van der Waals surface area contributed by atoms with Crippen LogP contribution in [0, 0.1) is 5.82 Å². The van der Waals surface area contributed by atoms with E-state index < -0.39 is 17.8 Å². The average molecular weight is 404 g/mol. The molecule has 0 atom stereocenters. The van der Waals surface area contributed by atoms with E-state index >= 15 is 0 Å². The van der Waals surface area contributed by atoms with Gasteiger partial charge >= 0.3 is 11.9 Å². The zero-order chi connectivity index (χ0) is 20.3. The maximum absolute atomic E-state index is 13.1. The minimum absolute atomic E-state index is 0.0399. The van der Waals surface area contributed by atoms with Crippen molar-refractivity contribution >= 4 is 35.5 Å². The molecule has 0 radical (unpaired) electrons. The predicted molar refractivity (Wildman–Crippen MR) is 101 cm³/mol. The molecule has 0 aliphatic carbocycles. The van der Waals surface area contributed by atoms with Crippen LogP contribution in [0.15, 0.2) is 47.1 Å². The Bertz CT molecular complexity index is 998. The summed E-state index contributed by atoms with van der Waals surface area (Å²) in [4.78, 5) is 27.5. The number of ether oxygens (including phenoxy) is 3.